The molecule has 0 aromatic heterocycles. The number of rotatable bonds is 2. The van der Waals surface area contributed by atoms with Crippen LogP contribution in [0.3, 0.4) is 0 Å². The van der Waals surface area contributed by atoms with E-state index in [1.54, 1.807) is 0 Å². The summed E-state index contributed by atoms with van der Waals surface area (Å²) in [6.45, 7) is 0.247. The average molecular weight is 160 g/mol. The molecule has 0 fully saturated rings. The molecule has 0 amide bonds. The third-order valence-corrected chi connectivity index (χ3v) is 1.64. The van der Waals surface area contributed by atoms with Gasteiger partial charge in [0.2, 0.25) is 0 Å². The first-order chi connectivity index (χ1) is 4.83. The largest absolute Gasteiger partial charge is 0.483 e. The van der Waals surface area contributed by atoms with Crippen LogP contribution in [0, 0.1) is 0 Å². The van der Waals surface area contributed by atoms with Gasteiger partial charge < -0.3 is 4.74 Å². The van der Waals surface area contributed by atoms with Crippen LogP contribution in [0.15, 0.2) is 22.9 Å². The lowest BCUT2D eigenvalue weighted by Crippen LogP contribution is -2.05. The number of hydrogen-bond donors (Lipinski definition) is 1. The molecule has 0 aromatic carbocycles. The molecule has 2 N–H and O–H groups in total. The summed E-state index contributed by atoms with van der Waals surface area (Å²) < 4.78 is 5.07. The van der Waals surface area contributed by atoms with E-state index in [0.717, 1.165) is 23.6 Å². The Balaban J connectivity index is 2.47. The summed E-state index contributed by atoms with van der Waals surface area (Å²) in [5, 5.41) is 0.879. The van der Waals surface area contributed by atoms with Crippen molar-refractivity contribution in [3.8, 4) is 0 Å². The van der Waals surface area contributed by atoms with Gasteiger partial charge in [-0.3, -0.25) is 5.73 Å². The van der Waals surface area contributed by atoms with E-state index in [0.29, 0.717) is 0 Å². The van der Waals surface area contributed by atoms with E-state index in [4.69, 9.17) is 22.1 Å². The molecule has 56 valence electrons. The zero-order valence-electron chi connectivity index (χ0n) is 5.64. The second-order valence-electron chi connectivity index (χ2n) is 2.06. The molecule has 1 aliphatic carbocycles. The van der Waals surface area contributed by atoms with Crippen LogP contribution >= 0.6 is 11.6 Å². The first-order valence-electron chi connectivity index (χ1n) is 3.21. The van der Waals surface area contributed by atoms with Crippen LogP contribution < -0.4 is 5.73 Å². The maximum atomic E-state index is 5.71. The number of ether oxygens (including phenoxy) is 1. The predicted molar refractivity (Wildman–Crippen MR) is 41.4 cm³/mol. The first-order valence-corrected chi connectivity index (χ1v) is 3.59. The van der Waals surface area contributed by atoms with Crippen LogP contribution in [0.4, 0.5) is 0 Å². The zero-order chi connectivity index (χ0) is 7.40. The summed E-state index contributed by atoms with van der Waals surface area (Å²) in [6.07, 6.45) is 5.44. The van der Waals surface area contributed by atoms with Gasteiger partial charge in [0, 0.05) is 11.5 Å². The van der Waals surface area contributed by atoms with Crippen LogP contribution in [-0.2, 0) is 4.74 Å². The molecular weight excluding hydrogens is 150 g/mol. The SMILES string of the molecule is NCOC1=CC=C(Cl)CC1. The lowest BCUT2D eigenvalue weighted by molar-refractivity contribution is 0.210. The van der Waals surface area contributed by atoms with Gasteiger partial charge in [0.15, 0.2) is 0 Å². The minimum atomic E-state index is 0.247. The molecule has 1 rings (SSSR count). The first kappa shape index (κ1) is 7.63. The van der Waals surface area contributed by atoms with Gasteiger partial charge >= 0.3 is 0 Å². The van der Waals surface area contributed by atoms with Gasteiger partial charge in [-0.05, 0) is 18.6 Å². The average Bonchev–Trinajstić information content (AvgIpc) is 1.95. The lowest BCUT2D eigenvalue weighted by Gasteiger charge is -2.10. The maximum Gasteiger partial charge on any atom is 0.136 e. The topological polar surface area (TPSA) is 35.2 Å². The van der Waals surface area contributed by atoms with Crippen molar-refractivity contribution < 1.29 is 4.74 Å². The van der Waals surface area contributed by atoms with Crippen molar-refractivity contribution in [2.45, 2.75) is 12.8 Å². The summed E-state index contributed by atoms with van der Waals surface area (Å²) in [4.78, 5) is 0. The maximum absolute atomic E-state index is 5.71. The molecule has 0 aliphatic heterocycles. The molecule has 1 aliphatic rings. The summed E-state index contributed by atoms with van der Waals surface area (Å²) in [5.74, 6) is 0.923. The van der Waals surface area contributed by atoms with Crippen LogP contribution in [0.5, 0.6) is 0 Å². The molecule has 0 radical (unpaired) electrons. The predicted octanol–water partition coefficient (Wildman–Crippen LogP) is 1.72. The summed E-state index contributed by atoms with van der Waals surface area (Å²) in [5.41, 5.74) is 5.18. The quantitative estimate of drug-likeness (QED) is 0.623. The van der Waals surface area contributed by atoms with Gasteiger partial charge in [-0.1, -0.05) is 11.6 Å². The molecule has 0 saturated carbocycles. The second-order valence-corrected chi connectivity index (χ2v) is 2.54. The van der Waals surface area contributed by atoms with E-state index in [1.807, 2.05) is 12.2 Å². The number of allylic oxidation sites excluding steroid dienone is 4. The lowest BCUT2D eigenvalue weighted by atomic mass is 10.2. The van der Waals surface area contributed by atoms with Crippen molar-refractivity contribution >= 4 is 11.6 Å². The molecular formula is C7H10ClNO. The third-order valence-electron chi connectivity index (χ3n) is 1.33. The number of nitrogens with two attached hydrogens (primary N) is 1. The highest BCUT2D eigenvalue weighted by Crippen LogP contribution is 2.20. The number of hydrogen-bond acceptors (Lipinski definition) is 2. The highest BCUT2D eigenvalue weighted by atomic mass is 35.5. The normalized spacial score (nSPS) is 17.8. The Morgan fingerprint density at radius 3 is 2.80 bits per heavy atom. The van der Waals surface area contributed by atoms with E-state index >= 15 is 0 Å². The monoisotopic (exact) mass is 159 g/mol. The fourth-order valence-corrected chi connectivity index (χ4v) is 0.977. The zero-order valence-corrected chi connectivity index (χ0v) is 6.40. The third kappa shape index (κ3) is 2.05. The Bertz CT molecular complexity index is 170. The molecule has 0 aromatic rings. The van der Waals surface area contributed by atoms with Gasteiger partial charge in [-0.15, -0.1) is 0 Å². The standard InChI is InChI=1S/C7H10ClNO/c8-6-1-3-7(4-2-6)10-5-9/h1,3H,2,4-5,9H2. The van der Waals surface area contributed by atoms with E-state index in [-0.39, 0.29) is 6.73 Å². The van der Waals surface area contributed by atoms with Gasteiger partial charge in [0.25, 0.3) is 0 Å². The number of halogens is 1. The minimum Gasteiger partial charge on any atom is -0.483 e. The van der Waals surface area contributed by atoms with Crippen molar-refractivity contribution in [1.29, 1.82) is 0 Å². The van der Waals surface area contributed by atoms with E-state index in [9.17, 15) is 0 Å². The van der Waals surface area contributed by atoms with Gasteiger partial charge in [0.05, 0.1) is 5.76 Å². The summed E-state index contributed by atoms with van der Waals surface area (Å²) >= 11 is 5.71. The molecule has 10 heavy (non-hydrogen) atoms. The van der Waals surface area contributed by atoms with Crippen LogP contribution in [0.1, 0.15) is 12.8 Å². The van der Waals surface area contributed by atoms with Crippen molar-refractivity contribution in [1.82, 2.24) is 0 Å². The smallest absolute Gasteiger partial charge is 0.136 e. The minimum absolute atomic E-state index is 0.247. The Hall–Kier alpha value is -0.470. The molecule has 0 unspecified atom stereocenters. The second kappa shape index (κ2) is 3.64. The van der Waals surface area contributed by atoms with Crippen LogP contribution in [0.2, 0.25) is 0 Å². The van der Waals surface area contributed by atoms with Crippen molar-refractivity contribution in [2.24, 2.45) is 5.73 Å². The fourth-order valence-electron chi connectivity index (χ4n) is 0.820. The Kier molecular flexibility index (Phi) is 2.78. The summed E-state index contributed by atoms with van der Waals surface area (Å²) in [6, 6.07) is 0. The van der Waals surface area contributed by atoms with Gasteiger partial charge in [0.1, 0.15) is 6.73 Å². The molecule has 0 spiro atoms. The van der Waals surface area contributed by atoms with E-state index < -0.39 is 0 Å². The van der Waals surface area contributed by atoms with E-state index in [1.165, 1.54) is 0 Å². The van der Waals surface area contributed by atoms with Gasteiger partial charge in [-0.2, -0.15) is 0 Å². The van der Waals surface area contributed by atoms with Crippen LogP contribution in [-0.4, -0.2) is 6.73 Å². The van der Waals surface area contributed by atoms with Crippen molar-refractivity contribution in [2.75, 3.05) is 6.73 Å². The summed E-state index contributed by atoms with van der Waals surface area (Å²) in [7, 11) is 0. The Labute approximate surface area is 65.3 Å². The highest BCUT2D eigenvalue weighted by molar-refractivity contribution is 6.29. The molecule has 2 nitrogen and oxygen atoms in total. The molecule has 0 heterocycles. The van der Waals surface area contributed by atoms with Crippen molar-refractivity contribution in [3.63, 3.8) is 0 Å². The molecule has 0 bridgehead atoms. The van der Waals surface area contributed by atoms with Gasteiger partial charge in [-0.25, -0.2) is 0 Å². The van der Waals surface area contributed by atoms with E-state index in [2.05, 4.69) is 0 Å². The Morgan fingerprint density at radius 1 is 1.50 bits per heavy atom. The van der Waals surface area contributed by atoms with Crippen LogP contribution in [0.25, 0.3) is 0 Å². The molecule has 0 atom stereocenters. The molecule has 0 saturated heterocycles. The fraction of sp³-hybridized carbons (Fsp3) is 0.429. The highest BCUT2D eigenvalue weighted by Gasteiger charge is 2.03. The molecule has 3 heteroatoms. The Morgan fingerprint density at radius 2 is 2.30 bits per heavy atom. The van der Waals surface area contributed by atoms with Crippen molar-refractivity contribution in [3.05, 3.63) is 22.9 Å².